The number of carbonyl (C=O) groups excluding carboxylic acids is 1. The fraction of sp³-hybridized carbons (Fsp3) is 0.600. The van der Waals surface area contributed by atoms with Crippen molar-refractivity contribution in [3.05, 3.63) is 12.4 Å². The summed E-state index contributed by atoms with van der Waals surface area (Å²) in [7, 11) is 0. The van der Waals surface area contributed by atoms with Gasteiger partial charge in [-0.25, -0.2) is 0 Å². The number of nitrogens with two attached hydrogens (primary N) is 1. The third-order valence-corrected chi connectivity index (χ3v) is 3.59. The number of nitrogens with one attached hydrogen (secondary N) is 1. The van der Waals surface area contributed by atoms with Crippen LogP contribution in [0.2, 0.25) is 0 Å². The van der Waals surface area contributed by atoms with Gasteiger partial charge in [-0.1, -0.05) is 0 Å². The fourth-order valence-corrected chi connectivity index (χ4v) is 2.83. The molecule has 0 atom stereocenters. The molecule has 0 unspecified atom stereocenters. The molecule has 0 aromatic carbocycles. The highest BCUT2D eigenvalue weighted by Crippen LogP contribution is 2.16. The Balaban J connectivity index is 1.79. The summed E-state index contributed by atoms with van der Waals surface area (Å²) >= 11 is 1.95. The van der Waals surface area contributed by atoms with E-state index in [0.717, 1.165) is 24.3 Å². The van der Waals surface area contributed by atoms with Crippen LogP contribution in [0.3, 0.4) is 0 Å². The predicted octanol–water partition coefficient (Wildman–Crippen LogP) is 0.477. The Bertz CT molecular complexity index is 359. The molecule has 1 aliphatic heterocycles. The normalized spacial score (nSPS) is 17.2. The maximum Gasteiger partial charge on any atom is 0.241 e. The zero-order valence-corrected chi connectivity index (χ0v) is 9.87. The second-order valence-electron chi connectivity index (χ2n) is 3.93. The molecule has 0 bridgehead atoms. The first-order valence-electron chi connectivity index (χ1n) is 5.39. The highest BCUT2D eigenvalue weighted by molar-refractivity contribution is 7.99. The summed E-state index contributed by atoms with van der Waals surface area (Å²) in [5, 5.41) is 7.00. The lowest BCUT2D eigenvalue weighted by Crippen LogP contribution is -2.39. The van der Waals surface area contributed by atoms with Gasteiger partial charge < -0.3 is 11.1 Å². The van der Waals surface area contributed by atoms with E-state index in [1.807, 2.05) is 11.8 Å². The van der Waals surface area contributed by atoms with E-state index >= 15 is 0 Å². The van der Waals surface area contributed by atoms with Crippen molar-refractivity contribution >= 4 is 23.4 Å². The van der Waals surface area contributed by atoms with Gasteiger partial charge in [-0.15, -0.1) is 0 Å². The summed E-state index contributed by atoms with van der Waals surface area (Å²) in [6.07, 6.45) is 5.34. The van der Waals surface area contributed by atoms with E-state index in [2.05, 4.69) is 10.4 Å². The van der Waals surface area contributed by atoms with Crippen LogP contribution in [0.1, 0.15) is 12.8 Å². The van der Waals surface area contributed by atoms with Gasteiger partial charge in [0.25, 0.3) is 0 Å². The number of rotatable bonds is 3. The lowest BCUT2D eigenvalue weighted by molar-refractivity contribution is -0.122. The minimum absolute atomic E-state index is 0.0139. The monoisotopic (exact) mass is 240 g/mol. The molecule has 0 saturated carbocycles. The Kier molecular flexibility index (Phi) is 3.71. The second-order valence-corrected chi connectivity index (χ2v) is 5.15. The molecule has 0 aliphatic carbocycles. The van der Waals surface area contributed by atoms with Crippen molar-refractivity contribution in [3.63, 3.8) is 0 Å². The molecule has 1 saturated heterocycles. The van der Waals surface area contributed by atoms with Crippen molar-refractivity contribution in [2.45, 2.75) is 25.4 Å². The smallest absolute Gasteiger partial charge is 0.241 e. The number of nitrogen functional groups attached to an aromatic ring is 1. The Hall–Kier alpha value is -1.17. The molecular weight excluding hydrogens is 224 g/mol. The largest absolute Gasteiger partial charge is 0.396 e. The number of hydrogen-bond donors (Lipinski definition) is 2. The first-order chi connectivity index (χ1) is 7.74. The summed E-state index contributed by atoms with van der Waals surface area (Å²) < 4.78 is 1.56. The molecule has 1 fully saturated rings. The highest BCUT2D eigenvalue weighted by atomic mass is 32.2. The molecule has 6 heteroatoms. The van der Waals surface area contributed by atoms with Crippen LogP contribution in [0, 0.1) is 0 Å². The van der Waals surface area contributed by atoms with Gasteiger partial charge in [-0.2, -0.15) is 16.9 Å². The third-order valence-electron chi connectivity index (χ3n) is 2.55. The van der Waals surface area contributed by atoms with Gasteiger partial charge in [0.2, 0.25) is 5.91 Å². The number of carbonyl (C=O) groups is 1. The molecule has 5 nitrogen and oxygen atoms in total. The molecule has 1 aromatic rings. The average molecular weight is 240 g/mol. The molecule has 88 valence electrons. The summed E-state index contributed by atoms with van der Waals surface area (Å²) in [4.78, 5) is 11.7. The number of aromatic nitrogens is 2. The second kappa shape index (κ2) is 5.25. The number of nitrogens with zero attached hydrogens (tertiary/aromatic N) is 2. The summed E-state index contributed by atoms with van der Waals surface area (Å²) in [6.45, 7) is 0.251. The summed E-state index contributed by atoms with van der Waals surface area (Å²) in [5.74, 6) is 2.29. The van der Waals surface area contributed by atoms with Gasteiger partial charge in [-0.3, -0.25) is 9.48 Å². The van der Waals surface area contributed by atoms with Crippen molar-refractivity contribution in [2.24, 2.45) is 0 Å². The van der Waals surface area contributed by atoms with E-state index in [1.165, 1.54) is 0 Å². The van der Waals surface area contributed by atoms with Gasteiger partial charge in [0.15, 0.2) is 0 Å². The van der Waals surface area contributed by atoms with E-state index in [-0.39, 0.29) is 12.5 Å². The van der Waals surface area contributed by atoms with Gasteiger partial charge in [0.05, 0.1) is 11.9 Å². The van der Waals surface area contributed by atoms with Gasteiger partial charge >= 0.3 is 0 Å². The van der Waals surface area contributed by atoms with Gasteiger partial charge in [0, 0.05) is 12.2 Å². The third kappa shape index (κ3) is 3.16. The minimum Gasteiger partial charge on any atom is -0.396 e. The van der Waals surface area contributed by atoms with E-state index in [4.69, 9.17) is 5.73 Å². The maximum absolute atomic E-state index is 11.7. The molecular formula is C10H16N4OS. The highest BCUT2D eigenvalue weighted by Gasteiger charge is 2.16. The van der Waals surface area contributed by atoms with Crippen molar-refractivity contribution in [1.29, 1.82) is 0 Å². The van der Waals surface area contributed by atoms with Crippen LogP contribution in [0.15, 0.2) is 12.4 Å². The van der Waals surface area contributed by atoms with Crippen molar-refractivity contribution < 1.29 is 4.79 Å². The van der Waals surface area contributed by atoms with Crippen LogP contribution in [-0.2, 0) is 11.3 Å². The zero-order chi connectivity index (χ0) is 11.4. The van der Waals surface area contributed by atoms with Crippen molar-refractivity contribution in [2.75, 3.05) is 17.2 Å². The van der Waals surface area contributed by atoms with E-state index < -0.39 is 0 Å². The van der Waals surface area contributed by atoms with Gasteiger partial charge in [0.1, 0.15) is 6.54 Å². The average Bonchev–Trinajstić information content (AvgIpc) is 2.65. The maximum atomic E-state index is 11.7. The topological polar surface area (TPSA) is 72.9 Å². The van der Waals surface area contributed by atoms with Crippen LogP contribution in [0.25, 0.3) is 0 Å². The van der Waals surface area contributed by atoms with Crippen LogP contribution in [0.4, 0.5) is 5.69 Å². The summed E-state index contributed by atoms with van der Waals surface area (Å²) in [6, 6.07) is 0.335. The molecule has 3 N–H and O–H groups in total. The molecule has 16 heavy (non-hydrogen) atoms. The number of anilines is 1. The number of hydrogen-bond acceptors (Lipinski definition) is 4. The molecule has 1 aromatic heterocycles. The van der Waals surface area contributed by atoms with Crippen molar-refractivity contribution in [3.8, 4) is 0 Å². The minimum atomic E-state index is 0.0139. The molecule has 2 rings (SSSR count). The first-order valence-corrected chi connectivity index (χ1v) is 6.54. The summed E-state index contributed by atoms with van der Waals surface area (Å²) in [5.41, 5.74) is 6.11. The quantitative estimate of drug-likeness (QED) is 0.806. The molecule has 1 aliphatic rings. The Morgan fingerprint density at radius 2 is 2.38 bits per heavy atom. The SMILES string of the molecule is Nc1cnn(CC(=O)NC2CCSCC2)c1. The molecule has 2 heterocycles. The molecule has 0 spiro atoms. The van der Waals surface area contributed by atoms with E-state index in [0.29, 0.717) is 11.7 Å². The van der Waals surface area contributed by atoms with Crippen LogP contribution < -0.4 is 11.1 Å². The van der Waals surface area contributed by atoms with Crippen LogP contribution >= 0.6 is 11.8 Å². The standard InChI is InChI=1S/C10H16N4OS/c11-8-5-12-14(6-8)7-10(15)13-9-1-3-16-4-2-9/h5-6,9H,1-4,7,11H2,(H,13,15). The predicted molar refractivity (Wildman–Crippen MR) is 65.1 cm³/mol. The van der Waals surface area contributed by atoms with E-state index in [1.54, 1.807) is 17.1 Å². The van der Waals surface area contributed by atoms with E-state index in [9.17, 15) is 4.79 Å². The fourth-order valence-electron chi connectivity index (χ4n) is 1.73. The lowest BCUT2D eigenvalue weighted by Gasteiger charge is -2.22. The first kappa shape index (κ1) is 11.3. The van der Waals surface area contributed by atoms with Crippen LogP contribution in [0.5, 0.6) is 0 Å². The Labute approximate surface area is 98.8 Å². The molecule has 0 radical (unpaired) electrons. The number of thioether (sulfide) groups is 1. The zero-order valence-electron chi connectivity index (χ0n) is 9.06. The van der Waals surface area contributed by atoms with Gasteiger partial charge in [-0.05, 0) is 24.3 Å². The lowest BCUT2D eigenvalue weighted by atomic mass is 10.1. The van der Waals surface area contributed by atoms with Crippen molar-refractivity contribution in [1.82, 2.24) is 15.1 Å². The Morgan fingerprint density at radius 1 is 1.62 bits per heavy atom. The molecule has 1 amide bonds. The van der Waals surface area contributed by atoms with Crippen LogP contribution in [-0.4, -0.2) is 33.2 Å². The number of amides is 1. The Morgan fingerprint density at radius 3 is 3.00 bits per heavy atom.